The number of thioether (sulfide) groups is 1. The standard InChI is InChI=1S/C40H40O6S/c41-40(47-35-24-14-5-15-25-35)39(45-29-34-22-12-4-13-23-34)38(44-28-33-20-10-3-11-21-33)37(43-27-32-18-8-2-9-19-32)36(46-40)30-42-26-31-16-6-1-7-17-31/h1-25,36-39,41H,26-30H2/t36-,37-,38+,39-,40-/m1/s1. The molecular weight excluding hydrogens is 609 g/mol. The van der Waals surface area contributed by atoms with Gasteiger partial charge in [-0.05, 0) is 34.4 Å². The zero-order chi connectivity index (χ0) is 32.2. The third-order valence-electron chi connectivity index (χ3n) is 7.91. The quantitative estimate of drug-likeness (QED) is 0.116. The van der Waals surface area contributed by atoms with Gasteiger partial charge in [0.05, 0.1) is 33.0 Å². The van der Waals surface area contributed by atoms with Crippen LogP contribution in [-0.4, -0.2) is 41.2 Å². The van der Waals surface area contributed by atoms with Gasteiger partial charge in [0.1, 0.15) is 18.3 Å². The Kier molecular flexibility index (Phi) is 11.9. The smallest absolute Gasteiger partial charge is 0.250 e. The molecule has 47 heavy (non-hydrogen) atoms. The highest BCUT2D eigenvalue weighted by molar-refractivity contribution is 8.00. The van der Waals surface area contributed by atoms with Crippen molar-refractivity contribution in [2.45, 2.75) is 60.9 Å². The van der Waals surface area contributed by atoms with Crippen molar-refractivity contribution in [3.05, 3.63) is 174 Å². The first-order valence-corrected chi connectivity index (χ1v) is 16.7. The third-order valence-corrected chi connectivity index (χ3v) is 9.04. The van der Waals surface area contributed by atoms with Crippen LogP contribution in [0.2, 0.25) is 0 Å². The fourth-order valence-corrected chi connectivity index (χ4v) is 6.68. The van der Waals surface area contributed by atoms with Crippen molar-refractivity contribution in [3.8, 4) is 0 Å². The van der Waals surface area contributed by atoms with Crippen molar-refractivity contribution in [2.75, 3.05) is 6.61 Å². The van der Waals surface area contributed by atoms with Gasteiger partial charge in [-0.3, -0.25) is 0 Å². The Morgan fingerprint density at radius 2 is 0.915 bits per heavy atom. The van der Waals surface area contributed by atoms with Crippen LogP contribution >= 0.6 is 11.8 Å². The van der Waals surface area contributed by atoms with Crippen LogP contribution in [0, 0.1) is 0 Å². The lowest BCUT2D eigenvalue weighted by molar-refractivity contribution is -0.333. The molecule has 0 aromatic heterocycles. The molecule has 0 saturated carbocycles. The molecular formula is C40H40O6S. The van der Waals surface area contributed by atoms with Crippen molar-refractivity contribution in [1.29, 1.82) is 0 Å². The number of hydrogen-bond donors (Lipinski definition) is 1. The second kappa shape index (κ2) is 16.9. The topological polar surface area (TPSA) is 66.4 Å². The van der Waals surface area contributed by atoms with Crippen LogP contribution in [0.5, 0.6) is 0 Å². The molecule has 0 aliphatic carbocycles. The van der Waals surface area contributed by atoms with Gasteiger partial charge < -0.3 is 28.8 Å². The van der Waals surface area contributed by atoms with Crippen LogP contribution in [0.15, 0.2) is 157 Å². The number of ether oxygens (including phenoxy) is 5. The Hall–Kier alpha value is -3.79. The van der Waals surface area contributed by atoms with Crippen LogP contribution in [0.4, 0.5) is 0 Å². The summed E-state index contributed by atoms with van der Waals surface area (Å²) in [7, 11) is 0. The highest BCUT2D eigenvalue weighted by Gasteiger charge is 2.57. The summed E-state index contributed by atoms with van der Waals surface area (Å²) in [6.07, 6.45) is -2.96. The molecule has 0 bridgehead atoms. The van der Waals surface area contributed by atoms with Crippen molar-refractivity contribution >= 4 is 11.8 Å². The minimum Gasteiger partial charge on any atom is -0.374 e. The van der Waals surface area contributed by atoms with Gasteiger partial charge in [-0.25, -0.2) is 0 Å². The van der Waals surface area contributed by atoms with E-state index in [-0.39, 0.29) is 13.2 Å². The minimum atomic E-state index is -1.83. The van der Waals surface area contributed by atoms with E-state index in [1.807, 2.05) is 152 Å². The summed E-state index contributed by atoms with van der Waals surface area (Å²) < 4.78 is 32.9. The van der Waals surface area contributed by atoms with Crippen LogP contribution in [-0.2, 0) is 50.1 Å². The first kappa shape index (κ1) is 33.1. The summed E-state index contributed by atoms with van der Waals surface area (Å²) >= 11 is 1.20. The van der Waals surface area contributed by atoms with E-state index >= 15 is 0 Å². The van der Waals surface area contributed by atoms with Crippen molar-refractivity contribution in [1.82, 2.24) is 0 Å². The van der Waals surface area contributed by atoms with E-state index < -0.39 is 29.5 Å². The van der Waals surface area contributed by atoms with E-state index in [0.29, 0.717) is 19.8 Å². The number of aliphatic hydroxyl groups is 1. The van der Waals surface area contributed by atoms with E-state index in [9.17, 15) is 5.11 Å². The van der Waals surface area contributed by atoms with E-state index in [4.69, 9.17) is 23.7 Å². The molecule has 6 rings (SSSR count). The zero-order valence-corrected chi connectivity index (χ0v) is 27.0. The van der Waals surface area contributed by atoms with E-state index in [1.54, 1.807) is 0 Å². The molecule has 5 aromatic rings. The normalized spacial score (nSPS) is 22.6. The Labute approximate surface area is 281 Å². The Balaban J connectivity index is 1.34. The van der Waals surface area contributed by atoms with Gasteiger partial charge in [0.2, 0.25) is 0 Å². The second-order valence-corrected chi connectivity index (χ2v) is 12.7. The van der Waals surface area contributed by atoms with Gasteiger partial charge in [-0.2, -0.15) is 0 Å². The summed E-state index contributed by atoms with van der Waals surface area (Å²) in [5, 5.41) is 10.7. The van der Waals surface area contributed by atoms with Gasteiger partial charge in [0, 0.05) is 4.90 Å². The molecule has 1 heterocycles. The summed E-state index contributed by atoms with van der Waals surface area (Å²) in [5.41, 5.74) is 4.02. The first-order chi connectivity index (χ1) is 23.2. The lowest BCUT2D eigenvalue weighted by Gasteiger charge is -2.49. The molecule has 1 aliphatic heterocycles. The number of benzene rings is 5. The van der Waals surface area contributed by atoms with Crippen LogP contribution < -0.4 is 0 Å². The SMILES string of the molecule is O[C@@]1(Sc2ccccc2)O[C@H](COCc2ccccc2)[C@@H](OCc2ccccc2)[C@H](OCc2ccccc2)[C@H]1OCc1ccccc1. The van der Waals surface area contributed by atoms with Crippen LogP contribution in [0.1, 0.15) is 22.3 Å². The zero-order valence-electron chi connectivity index (χ0n) is 26.2. The second-order valence-electron chi connectivity index (χ2n) is 11.4. The number of rotatable bonds is 15. The lowest BCUT2D eigenvalue weighted by Crippen LogP contribution is -2.66. The van der Waals surface area contributed by atoms with Crippen molar-refractivity contribution in [3.63, 3.8) is 0 Å². The summed E-state index contributed by atoms with van der Waals surface area (Å²) in [6.45, 7) is 1.43. The molecule has 1 aliphatic rings. The third kappa shape index (κ3) is 9.40. The Bertz CT molecular complexity index is 1590. The van der Waals surface area contributed by atoms with E-state index in [0.717, 1.165) is 27.1 Å². The highest BCUT2D eigenvalue weighted by atomic mass is 32.2. The maximum atomic E-state index is 12.5. The maximum absolute atomic E-state index is 12.5. The average molecular weight is 649 g/mol. The molecule has 0 spiro atoms. The molecule has 0 unspecified atom stereocenters. The predicted molar refractivity (Wildman–Crippen MR) is 183 cm³/mol. The van der Waals surface area contributed by atoms with E-state index in [2.05, 4.69) is 0 Å². The Morgan fingerprint density at radius 1 is 0.511 bits per heavy atom. The van der Waals surface area contributed by atoms with Gasteiger partial charge in [-0.1, -0.05) is 151 Å². The molecule has 5 aromatic carbocycles. The van der Waals surface area contributed by atoms with Crippen LogP contribution in [0.25, 0.3) is 0 Å². The lowest BCUT2D eigenvalue weighted by atomic mass is 9.97. The molecule has 1 saturated heterocycles. The summed E-state index contributed by atoms with van der Waals surface area (Å²) in [6, 6.07) is 49.6. The van der Waals surface area contributed by atoms with Gasteiger partial charge in [0.15, 0.2) is 6.10 Å². The fraction of sp³-hybridized carbons (Fsp3) is 0.250. The largest absolute Gasteiger partial charge is 0.374 e. The molecule has 7 heteroatoms. The highest BCUT2D eigenvalue weighted by Crippen LogP contribution is 2.44. The monoisotopic (exact) mass is 648 g/mol. The van der Waals surface area contributed by atoms with Gasteiger partial charge in [-0.15, -0.1) is 0 Å². The molecule has 1 N–H and O–H groups in total. The number of hydrogen-bond acceptors (Lipinski definition) is 7. The van der Waals surface area contributed by atoms with Gasteiger partial charge in [0.25, 0.3) is 5.12 Å². The molecule has 0 amide bonds. The molecule has 0 radical (unpaired) electrons. The minimum absolute atomic E-state index is 0.169. The predicted octanol–water partition coefficient (Wildman–Crippen LogP) is 7.80. The van der Waals surface area contributed by atoms with Gasteiger partial charge >= 0.3 is 0 Å². The summed E-state index contributed by atoms with van der Waals surface area (Å²) in [5.74, 6) is 0. The Morgan fingerprint density at radius 3 is 1.40 bits per heavy atom. The maximum Gasteiger partial charge on any atom is 0.250 e. The molecule has 242 valence electrons. The fourth-order valence-electron chi connectivity index (χ4n) is 5.56. The molecule has 1 fully saturated rings. The van der Waals surface area contributed by atoms with Crippen LogP contribution in [0.3, 0.4) is 0 Å². The van der Waals surface area contributed by atoms with E-state index in [1.165, 1.54) is 11.8 Å². The van der Waals surface area contributed by atoms with Crippen molar-refractivity contribution < 1.29 is 28.8 Å². The molecule has 5 atom stereocenters. The molecule has 6 nitrogen and oxygen atoms in total. The van der Waals surface area contributed by atoms with Crippen molar-refractivity contribution in [2.24, 2.45) is 0 Å². The first-order valence-electron chi connectivity index (χ1n) is 15.9. The average Bonchev–Trinajstić information content (AvgIpc) is 3.12. The summed E-state index contributed by atoms with van der Waals surface area (Å²) in [4.78, 5) is 0.831.